The molecule has 3 heteroatoms. The predicted molar refractivity (Wildman–Crippen MR) is 68.9 cm³/mol. The number of rotatable bonds is 7. The fraction of sp³-hybridized carbons (Fsp3) is 0.538. The second kappa shape index (κ2) is 7.66. The summed E-state index contributed by atoms with van der Waals surface area (Å²) in [7, 11) is 0. The SMILES string of the molecule is CCC(Cl)C(N)COCCc1ccccc1. The van der Waals surface area contributed by atoms with Crippen molar-refractivity contribution < 1.29 is 4.74 Å². The maximum absolute atomic E-state index is 6.01. The summed E-state index contributed by atoms with van der Waals surface area (Å²) in [5, 5.41) is 0.0109. The Labute approximate surface area is 103 Å². The highest BCUT2D eigenvalue weighted by molar-refractivity contribution is 6.21. The highest BCUT2D eigenvalue weighted by Gasteiger charge is 2.12. The van der Waals surface area contributed by atoms with E-state index in [2.05, 4.69) is 12.1 Å². The molecule has 1 aromatic carbocycles. The topological polar surface area (TPSA) is 35.2 Å². The summed E-state index contributed by atoms with van der Waals surface area (Å²) in [4.78, 5) is 0. The van der Waals surface area contributed by atoms with E-state index in [0.717, 1.165) is 12.8 Å². The molecule has 0 aliphatic rings. The second-order valence-electron chi connectivity index (χ2n) is 3.90. The Morgan fingerprint density at radius 1 is 1.31 bits per heavy atom. The van der Waals surface area contributed by atoms with Crippen LogP contribution in [0.4, 0.5) is 0 Å². The van der Waals surface area contributed by atoms with Crippen molar-refractivity contribution in [3.63, 3.8) is 0 Å². The maximum atomic E-state index is 6.01. The van der Waals surface area contributed by atoms with E-state index in [1.165, 1.54) is 5.56 Å². The van der Waals surface area contributed by atoms with Crippen LogP contribution in [0.1, 0.15) is 18.9 Å². The Hall–Kier alpha value is -0.570. The van der Waals surface area contributed by atoms with Crippen molar-refractivity contribution in [2.45, 2.75) is 31.2 Å². The van der Waals surface area contributed by atoms with E-state index in [0.29, 0.717) is 13.2 Å². The molecule has 1 rings (SSSR count). The smallest absolute Gasteiger partial charge is 0.0632 e. The number of hydrogen-bond acceptors (Lipinski definition) is 2. The standard InChI is InChI=1S/C13H20ClNO/c1-2-12(14)13(15)10-16-9-8-11-6-4-3-5-7-11/h3-7,12-13H,2,8-10,15H2,1H3. The van der Waals surface area contributed by atoms with Gasteiger partial charge in [-0.15, -0.1) is 11.6 Å². The molecule has 0 aromatic heterocycles. The molecule has 2 N–H and O–H groups in total. The summed E-state index contributed by atoms with van der Waals surface area (Å²) in [5.74, 6) is 0. The van der Waals surface area contributed by atoms with Crippen LogP contribution in [0.2, 0.25) is 0 Å². The molecular formula is C13H20ClNO. The molecule has 0 amide bonds. The molecule has 0 aliphatic heterocycles. The minimum Gasteiger partial charge on any atom is -0.379 e. The zero-order valence-electron chi connectivity index (χ0n) is 9.73. The molecule has 0 saturated heterocycles. The van der Waals surface area contributed by atoms with Gasteiger partial charge in [0.1, 0.15) is 0 Å². The van der Waals surface area contributed by atoms with Gasteiger partial charge in [0.15, 0.2) is 0 Å². The monoisotopic (exact) mass is 241 g/mol. The molecule has 0 bridgehead atoms. The first-order valence-corrected chi connectivity index (χ1v) is 6.19. The summed E-state index contributed by atoms with van der Waals surface area (Å²) in [6.07, 6.45) is 1.80. The van der Waals surface area contributed by atoms with Gasteiger partial charge in [0.05, 0.1) is 18.6 Å². The number of benzene rings is 1. The molecule has 90 valence electrons. The minimum atomic E-state index is -0.0672. The van der Waals surface area contributed by atoms with Crippen LogP contribution in [-0.4, -0.2) is 24.6 Å². The molecule has 16 heavy (non-hydrogen) atoms. The number of hydrogen-bond donors (Lipinski definition) is 1. The molecule has 0 aliphatic carbocycles. The zero-order valence-corrected chi connectivity index (χ0v) is 10.5. The van der Waals surface area contributed by atoms with E-state index in [-0.39, 0.29) is 11.4 Å². The Kier molecular flexibility index (Phi) is 6.46. The highest BCUT2D eigenvalue weighted by atomic mass is 35.5. The van der Waals surface area contributed by atoms with E-state index in [1.807, 2.05) is 25.1 Å². The van der Waals surface area contributed by atoms with E-state index < -0.39 is 0 Å². The Balaban J connectivity index is 2.13. The van der Waals surface area contributed by atoms with Crippen molar-refractivity contribution in [2.24, 2.45) is 5.73 Å². The van der Waals surface area contributed by atoms with Gasteiger partial charge >= 0.3 is 0 Å². The van der Waals surface area contributed by atoms with Crippen LogP contribution in [0.3, 0.4) is 0 Å². The molecule has 2 atom stereocenters. The average molecular weight is 242 g/mol. The third-order valence-corrected chi connectivity index (χ3v) is 3.18. The third kappa shape index (κ3) is 4.97. The average Bonchev–Trinajstić information content (AvgIpc) is 2.34. The molecular weight excluding hydrogens is 222 g/mol. The van der Waals surface area contributed by atoms with Crippen LogP contribution in [0.5, 0.6) is 0 Å². The molecule has 1 aromatic rings. The minimum absolute atomic E-state index is 0.0109. The van der Waals surface area contributed by atoms with Gasteiger partial charge in [-0.2, -0.15) is 0 Å². The van der Waals surface area contributed by atoms with Gasteiger partial charge in [-0.1, -0.05) is 37.3 Å². The summed E-state index contributed by atoms with van der Waals surface area (Å²) < 4.78 is 5.51. The Bertz CT molecular complexity index is 279. The predicted octanol–water partition coefficient (Wildman–Crippen LogP) is 2.59. The Morgan fingerprint density at radius 3 is 2.62 bits per heavy atom. The lowest BCUT2D eigenvalue weighted by atomic mass is 10.1. The van der Waals surface area contributed by atoms with Crippen LogP contribution < -0.4 is 5.73 Å². The first-order valence-electron chi connectivity index (χ1n) is 5.75. The first kappa shape index (κ1) is 13.5. The van der Waals surface area contributed by atoms with E-state index in [1.54, 1.807) is 0 Å². The van der Waals surface area contributed by atoms with Crippen LogP contribution in [-0.2, 0) is 11.2 Å². The van der Waals surface area contributed by atoms with Crippen molar-refractivity contribution in [3.8, 4) is 0 Å². The normalized spacial score (nSPS) is 14.7. The summed E-state index contributed by atoms with van der Waals surface area (Å²) in [5.41, 5.74) is 7.14. The molecule has 2 unspecified atom stereocenters. The maximum Gasteiger partial charge on any atom is 0.0632 e. The van der Waals surface area contributed by atoms with Gasteiger partial charge in [0, 0.05) is 6.04 Å². The number of halogens is 1. The number of nitrogens with two attached hydrogens (primary N) is 1. The molecule has 0 spiro atoms. The Morgan fingerprint density at radius 2 is 2.00 bits per heavy atom. The molecule has 0 saturated carbocycles. The fourth-order valence-electron chi connectivity index (χ4n) is 1.46. The zero-order chi connectivity index (χ0) is 11.8. The first-order chi connectivity index (χ1) is 7.74. The summed E-state index contributed by atoms with van der Waals surface area (Å²) >= 11 is 6.01. The van der Waals surface area contributed by atoms with Crippen LogP contribution in [0.25, 0.3) is 0 Å². The van der Waals surface area contributed by atoms with Gasteiger partial charge in [0.2, 0.25) is 0 Å². The van der Waals surface area contributed by atoms with Gasteiger partial charge in [0.25, 0.3) is 0 Å². The van der Waals surface area contributed by atoms with E-state index >= 15 is 0 Å². The van der Waals surface area contributed by atoms with Gasteiger partial charge in [-0.05, 0) is 18.4 Å². The van der Waals surface area contributed by atoms with Crippen molar-refractivity contribution in [2.75, 3.05) is 13.2 Å². The largest absolute Gasteiger partial charge is 0.379 e. The third-order valence-electron chi connectivity index (χ3n) is 2.54. The van der Waals surface area contributed by atoms with Gasteiger partial charge < -0.3 is 10.5 Å². The summed E-state index contributed by atoms with van der Waals surface area (Å²) in [6.45, 7) is 3.27. The van der Waals surface area contributed by atoms with Crippen LogP contribution in [0.15, 0.2) is 30.3 Å². The van der Waals surface area contributed by atoms with Gasteiger partial charge in [-0.25, -0.2) is 0 Å². The van der Waals surface area contributed by atoms with E-state index in [9.17, 15) is 0 Å². The number of ether oxygens (including phenoxy) is 1. The summed E-state index contributed by atoms with van der Waals surface area (Å²) in [6, 6.07) is 10.2. The fourth-order valence-corrected chi connectivity index (χ4v) is 1.53. The highest BCUT2D eigenvalue weighted by Crippen LogP contribution is 2.06. The van der Waals surface area contributed by atoms with Gasteiger partial charge in [-0.3, -0.25) is 0 Å². The van der Waals surface area contributed by atoms with E-state index in [4.69, 9.17) is 22.1 Å². The van der Waals surface area contributed by atoms with Crippen molar-refractivity contribution in [1.29, 1.82) is 0 Å². The molecule has 0 radical (unpaired) electrons. The lowest BCUT2D eigenvalue weighted by Crippen LogP contribution is -2.35. The lowest BCUT2D eigenvalue weighted by molar-refractivity contribution is 0.122. The molecule has 0 heterocycles. The lowest BCUT2D eigenvalue weighted by Gasteiger charge is -2.16. The van der Waals surface area contributed by atoms with Crippen molar-refractivity contribution in [1.82, 2.24) is 0 Å². The van der Waals surface area contributed by atoms with Crippen LogP contribution >= 0.6 is 11.6 Å². The molecule has 2 nitrogen and oxygen atoms in total. The van der Waals surface area contributed by atoms with Crippen molar-refractivity contribution in [3.05, 3.63) is 35.9 Å². The van der Waals surface area contributed by atoms with Crippen LogP contribution in [0, 0.1) is 0 Å². The quantitative estimate of drug-likeness (QED) is 0.588. The number of alkyl halides is 1. The van der Waals surface area contributed by atoms with Crippen molar-refractivity contribution >= 4 is 11.6 Å². The molecule has 0 fully saturated rings. The second-order valence-corrected chi connectivity index (χ2v) is 4.46.